The number of aromatic nitrogens is 3. The fraction of sp³-hybridized carbons (Fsp3) is 0.385. The van der Waals surface area contributed by atoms with Crippen LogP contribution in [0.1, 0.15) is 29.4 Å². The molecule has 1 aliphatic rings. The zero-order chi connectivity index (χ0) is 11.5. The predicted octanol–water partition coefficient (Wildman–Crippen LogP) is 1.62. The Morgan fingerprint density at radius 1 is 1.41 bits per heavy atom. The van der Waals surface area contributed by atoms with Crippen LogP contribution in [0.5, 0.6) is 0 Å². The molecular weight excluding hydrogens is 212 g/mol. The molecule has 88 valence electrons. The Bertz CT molecular complexity index is 477. The van der Waals surface area contributed by atoms with E-state index in [1.807, 2.05) is 18.5 Å². The maximum Gasteiger partial charge on any atom is 0.0925 e. The van der Waals surface area contributed by atoms with Gasteiger partial charge in [-0.2, -0.15) is 0 Å². The van der Waals surface area contributed by atoms with E-state index >= 15 is 0 Å². The smallest absolute Gasteiger partial charge is 0.0925 e. The van der Waals surface area contributed by atoms with Gasteiger partial charge in [-0.3, -0.25) is 4.98 Å². The van der Waals surface area contributed by atoms with Crippen molar-refractivity contribution >= 4 is 0 Å². The molecule has 0 bridgehead atoms. The van der Waals surface area contributed by atoms with Crippen molar-refractivity contribution in [2.24, 2.45) is 0 Å². The van der Waals surface area contributed by atoms with Gasteiger partial charge in [-0.15, -0.1) is 0 Å². The highest BCUT2D eigenvalue weighted by Crippen LogP contribution is 2.23. The van der Waals surface area contributed by atoms with Crippen LogP contribution >= 0.6 is 0 Å². The number of nitrogens with one attached hydrogen (secondary N) is 2. The van der Waals surface area contributed by atoms with E-state index in [9.17, 15) is 0 Å². The van der Waals surface area contributed by atoms with Crippen molar-refractivity contribution in [1.82, 2.24) is 20.3 Å². The fourth-order valence-electron chi connectivity index (χ4n) is 2.40. The Labute approximate surface area is 101 Å². The van der Waals surface area contributed by atoms with Crippen molar-refractivity contribution in [2.75, 3.05) is 6.54 Å². The average molecular weight is 228 g/mol. The summed E-state index contributed by atoms with van der Waals surface area (Å²) in [5, 5.41) is 3.53. The minimum absolute atomic E-state index is 0.380. The Morgan fingerprint density at radius 3 is 3.29 bits per heavy atom. The third-order valence-corrected chi connectivity index (χ3v) is 3.29. The number of pyridine rings is 1. The van der Waals surface area contributed by atoms with Gasteiger partial charge in [0.2, 0.25) is 0 Å². The van der Waals surface area contributed by atoms with Crippen molar-refractivity contribution in [2.45, 2.75) is 25.3 Å². The van der Waals surface area contributed by atoms with Gasteiger partial charge < -0.3 is 10.3 Å². The molecule has 3 rings (SSSR count). The summed E-state index contributed by atoms with van der Waals surface area (Å²) in [4.78, 5) is 11.8. The van der Waals surface area contributed by atoms with E-state index in [0.29, 0.717) is 6.04 Å². The lowest BCUT2D eigenvalue weighted by molar-refractivity contribution is 0.464. The maximum absolute atomic E-state index is 4.42. The highest BCUT2D eigenvalue weighted by molar-refractivity contribution is 5.20. The van der Waals surface area contributed by atoms with Crippen molar-refractivity contribution < 1.29 is 0 Å². The van der Waals surface area contributed by atoms with Gasteiger partial charge in [-0.05, 0) is 24.5 Å². The number of hydrogen-bond donors (Lipinski definition) is 2. The van der Waals surface area contributed by atoms with Gasteiger partial charge in [0.15, 0.2) is 0 Å². The highest BCUT2D eigenvalue weighted by atomic mass is 15.0. The second-order valence-corrected chi connectivity index (χ2v) is 4.42. The standard InChI is InChI=1S/C13H16N4/c1-2-10(8-14-6-1)3-4-11-13-12(5-7-15-11)16-9-17-13/h1-2,6,8-9,11,15H,3-5,7H2,(H,16,17). The molecule has 0 saturated carbocycles. The van der Waals surface area contributed by atoms with E-state index in [1.54, 1.807) is 6.33 Å². The molecule has 0 fully saturated rings. The summed E-state index contributed by atoms with van der Waals surface area (Å²) in [7, 11) is 0. The lowest BCUT2D eigenvalue weighted by Gasteiger charge is -2.22. The minimum Gasteiger partial charge on any atom is -0.348 e. The molecule has 1 atom stereocenters. The van der Waals surface area contributed by atoms with Crippen LogP contribution in [0.15, 0.2) is 30.9 Å². The van der Waals surface area contributed by atoms with E-state index in [2.05, 4.69) is 26.3 Å². The molecule has 17 heavy (non-hydrogen) atoms. The van der Waals surface area contributed by atoms with Crippen LogP contribution in [0.2, 0.25) is 0 Å². The zero-order valence-electron chi connectivity index (χ0n) is 9.69. The molecule has 0 aromatic carbocycles. The molecule has 1 unspecified atom stereocenters. The molecule has 2 N–H and O–H groups in total. The summed E-state index contributed by atoms with van der Waals surface area (Å²) in [6, 6.07) is 4.50. The molecule has 2 aromatic heterocycles. The second-order valence-electron chi connectivity index (χ2n) is 4.42. The zero-order valence-corrected chi connectivity index (χ0v) is 9.69. The van der Waals surface area contributed by atoms with Gasteiger partial charge in [0, 0.05) is 31.1 Å². The van der Waals surface area contributed by atoms with Crippen molar-refractivity contribution in [3.8, 4) is 0 Å². The quantitative estimate of drug-likeness (QED) is 0.839. The van der Waals surface area contributed by atoms with E-state index in [0.717, 1.165) is 25.8 Å². The molecule has 2 aromatic rings. The topological polar surface area (TPSA) is 53.6 Å². The third kappa shape index (κ3) is 2.22. The molecule has 4 nitrogen and oxygen atoms in total. The van der Waals surface area contributed by atoms with E-state index in [4.69, 9.17) is 0 Å². The number of imidazole rings is 1. The Hall–Kier alpha value is -1.68. The average Bonchev–Trinajstić information content (AvgIpc) is 2.86. The first kappa shape index (κ1) is 10.5. The lowest BCUT2D eigenvalue weighted by Crippen LogP contribution is -2.30. The number of aryl methyl sites for hydroxylation is 1. The Kier molecular flexibility index (Phi) is 2.88. The highest BCUT2D eigenvalue weighted by Gasteiger charge is 2.21. The van der Waals surface area contributed by atoms with Crippen LogP contribution in [-0.2, 0) is 12.8 Å². The predicted molar refractivity (Wildman–Crippen MR) is 65.6 cm³/mol. The molecule has 0 aliphatic carbocycles. The lowest BCUT2D eigenvalue weighted by atomic mass is 9.99. The molecule has 0 amide bonds. The molecule has 3 heterocycles. The number of H-pyrrole nitrogens is 1. The fourth-order valence-corrected chi connectivity index (χ4v) is 2.40. The summed E-state index contributed by atoms with van der Waals surface area (Å²) < 4.78 is 0. The Morgan fingerprint density at radius 2 is 2.41 bits per heavy atom. The molecule has 0 radical (unpaired) electrons. The molecular formula is C13H16N4. The van der Waals surface area contributed by atoms with Gasteiger partial charge in [-0.25, -0.2) is 4.98 Å². The van der Waals surface area contributed by atoms with Crippen molar-refractivity contribution in [3.63, 3.8) is 0 Å². The van der Waals surface area contributed by atoms with Crippen LogP contribution in [0.25, 0.3) is 0 Å². The number of hydrogen-bond acceptors (Lipinski definition) is 3. The summed E-state index contributed by atoms with van der Waals surface area (Å²) in [5.74, 6) is 0. The number of fused-ring (bicyclic) bond motifs is 1. The summed E-state index contributed by atoms with van der Waals surface area (Å²) in [5.41, 5.74) is 3.78. The van der Waals surface area contributed by atoms with Crippen molar-refractivity contribution in [3.05, 3.63) is 47.8 Å². The number of nitrogens with zero attached hydrogens (tertiary/aromatic N) is 2. The number of rotatable bonds is 3. The van der Waals surface area contributed by atoms with Gasteiger partial charge in [0.1, 0.15) is 0 Å². The van der Waals surface area contributed by atoms with Crippen LogP contribution < -0.4 is 5.32 Å². The molecule has 4 heteroatoms. The molecule has 0 saturated heterocycles. The normalized spacial score (nSPS) is 18.9. The van der Waals surface area contributed by atoms with Gasteiger partial charge in [0.25, 0.3) is 0 Å². The van der Waals surface area contributed by atoms with E-state index in [1.165, 1.54) is 17.0 Å². The van der Waals surface area contributed by atoms with E-state index in [-0.39, 0.29) is 0 Å². The van der Waals surface area contributed by atoms with Crippen LogP contribution in [0.3, 0.4) is 0 Å². The third-order valence-electron chi connectivity index (χ3n) is 3.29. The Balaban J connectivity index is 1.68. The van der Waals surface area contributed by atoms with Gasteiger partial charge in [-0.1, -0.05) is 6.07 Å². The summed E-state index contributed by atoms with van der Waals surface area (Å²) >= 11 is 0. The summed E-state index contributed by atoms with van der Waals surface area (Å²) in [6.07, 6.45) is 8.72. The molecule has 1 aliphatic heterocycles. The molecule has 0 spiro atoms. The SMILES string of the molecule is c1cncc(CCC2NCCc3[nH]cnc32)c1. The second kappa shape index (κ2) is 4.67. The maximum atomic E-state index is 4.42. The first-order valence-electron chi connectivity index (χ1n) is 6.08. The number of aromatic amines is 1. The largest absolute Gasteiger partial charge is 0.348 e. The van der Waals surface area contributed by atoms with Gasteiger partial charge in [0.05, 0.1) is 18.1 Å². The van der Waals surface area contributed by atoms with Crippen LogP contribution in [0, 0.1) is 0 Å². The minimum atomic E-state index is 0.380. The van der Waals surface area contributed by atoms with Crippen LogP contribution in [0.4, 0.5) is 0 Å². The monoisotopic (exact) mass is 228 g/mol. The van der Waals surface area contributed by atoms with Crippen LogP contribution in [-0.4, -0.2) is 21.5 Å². The van der Waals surface area contributed by atoms with Crippen molar-refractivity contribution in [1.29, 1.82) is 0 Å². The van der Waals surface area contributed by atoms with E-state index < -0.39 is 0 Å². The van der Waals surface area contributed by atoms with Gasteiger partial charge >= 0.3 is 0 Å². The summed E-state index contributed by atoms with van der Waals surface area (Å²) in [6.45, 7) is 1.03. The first-order valence-corrected chi connectivity index (χ1v) is 6.08. The first-order chi connectivity index (χ1) is 8.43.